The molecular weight excluding hydrogens is 342 g/mol. The number of rotatable bonds is 4. The molecule has 2 aromatic rings. The second-order valence-corrected chi connectivity index (χ2v) is 7.09. The summed E-state index contributed by atoms with van der Waals surface area (Å²) in [4.78, 5) is 15.5. The summed E-state index contributed by atoms with van der Waals surface area (Å²) in [7, 11) is 0. The van der Waals surface area contributed by atoms with Crippen molar-refractivity contribution in [2.24, 2.45) is 0 Å². The van der Waals surface area contributed by atoms with E-state index in [1.807, 2.05) is 18.7 Å². The van der Waals surface area contributed by atoms with Gasteiger partial charge in [-0.1, -0.05) is 0 Å². The zero-order valence-corrected chi connectivity index (χ0v) is 15.1. The summed E-state index contributed by atoms with van der Waals surface area (Å²) in [6, 6.07) is 1.91. The third kappa shape index (κ3) is 3.71. The van der Waals surface area contributed by atoms with Crippen LogP contribution in [0.25, 0.3) is 0 Å². The third-order valence-electron chi connectivity index (χ3n) is 4.16. The number of hydrogen-bond donors (Lipinski definition) is 1. The van der Waals surface area contributed by atoms with Crippen LogP contribution in [0.4, 0.5) is 5.00 Å². The Labute approximate surface area is 149 Å². The lowest BCUT2D eigenvalue weighted by molar-refractivity contribution is -0.120. The fourth-order valence-corrected chi connectivity index (χ4v) is 3.73. The van der Waals surface area contributed by atoms with Crippen molar-refractivity contribution >= 4 is 22.2 Å². The van der Waals surface area contributed by atoms with Crippen molar-refractivity contribution in [3.05, 3.63) is 27.8 Å². The Hall–Kier alpha value is -2.28. The minimum atomic E-state index is -0.247. The zero-order valence-electron chi connectivity index (χ0n) is 14.3. The normalized spacial score (nSPS) is 18.1. The van der Waals surface area contributed by atoms with Crippen LogP contribution in [0.1, 0.15) is 33.8 Å². The van der Waals surface area contributed by atoms with Crippen LogP contribution in [0.15, 0.2) is 4.42 Å². The van der Waals surface area contributed by atoms with Crippen molar-refractivity contribution in [1.29, 1.82) is 5.26 Å². The molecule has 3 rings (SSSR count). The fourth-order valence-electron chi connectivity index (χ4n) is 2.70. The Balaban J connectivity index is 1.71. The first-order chi connectivity index (χ1) is 12.0. The molecule has 1 fully saturated rings. The van der Waals surface area contributed by atoms with E-state index in [1.54, 1.807) is 6.92 Å². The van der Waals surface area contributed by atoms with Gasteiger partial charge in [-0.25, -0.2) is 0 Å². The van der Waals surface area contributed by atoms with Gasteiger partial charge >= 0.3 is 0 Å². The average Bonchev–Trinajstić information content (AvgIpc) is 3.12. The lowest BCUT2D eigenvalue weighted by Crippen LogP contribution is -2.43. The first-order valence-corrected chi connectivity index (χ1v) is 8.73. The van der Waals surface area contributed by atoms with Crippen LogP contribution in [0, 0.1) is 32.1 Å². The molecule has 1 aliphatic rings. The van der Waals surface area contributed by atoms with Gasteiger partial charge in [0.25, 0.3) is 0 Å². The smallest absolute Gasteiger partial charge is 0.239 e. The molecule has 1 saturated heterocycles. The number of nitrogens with one attached hydrogen (secondary N) is 1. The van der Waals surface area contributed by atoms with Crippen molar-refractivity contribution in [2.75, 3.05) is 31.6 Å². The molecular formula is C16H19N5O3S. The summed E-state index contributed by atoms with van der Waals surface area (Å²) in [6.07, 6.45) is 0. The molecule has 0 saturated carbocycles. The molecule has 9 heteroatoms. The van der Waals surface area contributed by atoms with Crippen molar-refractivity contribution in [3.8, 4) is 6.07 Å². The lowest BCUT2D eigenvalue weighted by atomic mass is 10.2. The molecule has 0 aromatic carbocycles. The molecule has 0 aliphatic carbocycles. The maximum atomic E-state index is 12.5. The number of ether oxygens (including phenoxy) is 1. The van der Waals surface area contributed by atoms with Crippen LogP contribution in [-0.4, -0.2) is 47.3 Å². The van der Waals surface area contributed by atoms with Gasteiger partial charge in [-0.05, 0) is 19.4 Å². The summed E-state index contributed by atoms with van der Waals surface area (Å²) >= 11 is 1.42. The Kier molecular flexibility index (Phi) is 5.13. The first kappa shape index (κ1) is 17.5. The summed E-state index contributed by atoms with van der Waals surface area (Å²) in [6.45, 7) is 7.24. The number of anilines is 1. The van der Waals surface area contributed by atoms with Crippen molar-refractivity contribution in [2.45, 2.75) is 26.8 Å². The minimum Gasteiger partial charge on any atom is -0.424 e. The number of aryl methyl sites for hydroxylation is 2. The van der Waals surface area contributed by atoms with E-state index in [4.69, 9.17) is 9.15 Å². The number of carbonyl (C=O) groups excluding carboxylic acids is 1. The molecule has 1 unspecified atom stereocenters. The molecule has 0 radical (unpaired) electrons. The summed E-state index contributed by atoms with van der Waals surface area (Å²) < 4.78 is 11.0. The second kappa shape index (κ2) is 7.31. The molecule has 132 valence electrons. The van der Waals surface area contributed by atoms with Crippen molar-refractivity contribution in [3.63, 3.8) is 0 Å². The number of hydrogen-bond acceptors (Lipinski definition) is 8. The fraction of sp³-hybridized carbons (Fsp3) is 0.500. The predicted octanol–water partition coefficient (Wildman–Crippen LogP) is 1.94. The Morgan fingerprint density at radius 1 is 1.44 bits per heavy atom. The first-order valence-electron chi connectivity index (χ1n) is 7.91. The molecule has 1 amide bonds. The van der Waals surface area contributed by atoms with E-state index < -0.39 is 0 Å². The van der Waals surface area contributed by atoms with Crippen molar-refractivity contribution in [1.82, 2.24) is 15.1 Å². The zero-order chi connectivity index (χ0) is 18.0. The molecule has 1 aliphatic heterocycles. The van der Waals surface area contributed by atoms with Gasteiger partial charge in [0, 0.05) is 18.3 Å². The monoisotopic (exact) mass is 361 g/mol. The van der Waals surface area contributed by atoms with Gasteiger partial charge in [0.1, 0.15) is 17.1 Å². The summed E-state index contributed by atoms with van der Waals surface area (Å²) in [5.41, 5.74) is 1.44. The standard InChI is InChI=1S/C16H19N5O3S/c1-9-10(2)25-16(12(9)6-17)18-14(22)7-21-4-5-23-8-13(21)15-20-19-11(3)24-15/h13H,4-5,7-8H2,1-3H3,(H,18,22). The predicted molar refractivity (Wildman–Crippen MR) is 91.3 cm³/mol. The number of aromatic nitrogens is 2. The Morgan fingerprint density at radius 3 is 2.92 bits per heavy atom. The largest absolute Gasteiger partial charge is 0.424 e. The maximum Gasteiger partial charge on any atom is 0.239 e. The maximum absolute atomic E-state index is 12.5. The number of carbonyl (C=O) groups is 1. The average molecular weight is 361 g/mol. The molecule has 0 spiro atoms. The van der Waals surface area contributed by atoms with E-state index >= 15 is 0 Å². The van der Waals surface area contributed by atoms with Crippen LogP contribution in [0.3, 0.4) is 0 Å². The van der Waals surface area contributed by atoms with E-state index in [1.165, 1.54) is 11.3 Å². The van der Waals surface area contributed by atoms with Gasteiger partial charge in [0.15, 0.2) is 0 Å². The molecule has 0 bridgehead atoms. The third-order valence-corrected chi connectivity index (χ3v) is 5.29. The number of nitrogens with zero attached hydrogens (tertiary/aromatic N) is 4. The highest BCUT2D eigenvalue weighted by molar-refractivity contribution is 7.16. The van der Waals surface area contributed by atoms with Gasteiger partial charge in [0.05, 0.1) is 25.3 Å². The van der Waals surface area contributed by atoms with Crippen LogP contribution in [-0.2, 0) is 9.53 Å². The lowest BCUT2D eigenvalue weighted by Gasteiger charge is -2.32. The number of nitriles is 1. The van der Waals surface area contributed by atoms with Gasteiger partial charge < -0.3 is 14.5 Å². The van der Waals surface area contributed by atoms with Crippen LogP contribution in [0.2, 0.25) is 0 Å². The highest BCUT2D eigenvalue weighted by atomic mass is 32.1. The molecule has 2 aromatic heterocycles. The van der Waals surface area contributed by atoms with Gasteiger partial charge in [-0.15, -0.1) is 21.5 Å². The molecule has 1 N–H and O–H groups in total. The Morgan fingerprint density at radius 2 is 2.24 bits per heavy atom. The van der Waals surface area contributed by atoms with Crippen LogP contribution < -0.4 is 5.32 Å². The van der Waals surface area contributed by atoms with E-state index in [0.29, 0.717) is 42.1 Å². The number of amides is 1. The molecule has 1 atom stereocenters. The molecule has 8 nitrogen and oxygen atoms in total. The van der Waals surface area contributed by atoms with E-state index in [9.17, 15) is 10.1 Å². The highest BCUT2D eigenvalue weighted by Gasteiger charge is 2.30. The summed E-state index contributed by atoms with van der Waals surface area (Å²) in [5, 5.41) is 20.6. The number of thiophene rings is 1. The highest BCUT2D eigenvalue weighted by Crippen LogP contribution is 2.31. The molecule has 25 heavy (non-hydrogen) atoms. The second-order valence-electron chi connectivity index (χ2n) is 5.87. The topological polar surface area (TPSA) is 104 Å². The van der Waals surface area contributed by atoms with Gasteiger partial charge in [-0.2, -0.15) is 5.26 Å². The van der Waals surface area contributed by atoms with E-state index in [-0.39, 0.29) is 18.5 Å². The molecule has 3 heterocycles. The van der Waals surface area contributed by atoms with E-state index in [2.05, 4.69) is 21.6 Å². The van der Waals surface area contributed by atoms with Gasteiger partial charge in [0.2, 0.25) is 17.7 Å². The van der Waals surface area contributed by atoms with Crippen LogP contribution >= 0.6 is 11.3 Å². The quantitative estimate of drug-likeness (QED) is 0.887. The SMILES string of the molecule is Cc1nnc(C2COCCN2CC(=O)Nc2sc(C)c(C)c2C#N)o1. The minimum absolute atomic E-state index is 0.163. The Bertz CT molecular complexity index is 822. The van der Waals surface area contributed by atoms with Crippen molar-refractivity contribution < 1.29 is 13.9 Å². The number of morpholine rings is 1. The van der Waals surface area contributed by atoms with Crippen LogP contribution in [0.5, 0.6) is 0 Å². The summed E-state index contributed by atoms with van der Waals surface area (Å²) in [5.74, 6) is 0.750. The van der Waals surface area contributed by atoms with E-state index in [0.717, 1.165) is 10.4 Å². The van der Waals surface area contributed by atoms with Gasteiger partial charge in [-0.3, -0.25) is 9.69 Å².